The molecule has 1 fully saturated rings. The molecule has 164 valence electrons. The normalized spacial score (nSPS) is 14.2. The van der Waals surface area contributed by atoms with E-state index in [-0.39, 0.29) is 16.8 Å². The van der Waals surface area contributed by atoms with Gasteiger partial charge in [0.2, 0.25) is 0 Å². The number of methoxy groups -OCH3 is 1. The minimum Gasteiger partial charge on any atom is -0.497 e. The van der Waals surface area contributed by atoms with Crippen LogP contribution in [0.5, 0.6) is 5.75 Å². The molecule has 1 N–H and O–H groups in total. The van der Waals surface area contributed by atoms with Crippen LogP contribution < -0.4 is 10.1 Å². The molecule has 1 heterocycles. The third-order valence-corrected chi connectivity index (χ3v) is 6.93. The van der Waals surface area contributed by atoms with Crippen molar-refractivity contribution in [2.75, 3.05) is 21.3 Å². The van der Waals surface area contributed by atoms with E-state index < -0.39 is 10.0 Å². The zero-order chi connectivity index (χ0) is 22.2. The summed E-state index contributed by atoms with van der Waals surface area (Å²) in [6.45, 7) is 0.375. The molecule has 1 aliphatic rings. The number of nitrogens with one attached hydrogen (secondary N) is 1. The Kier molecular flexibility index (Phi) is 5.69. The zero-order valence-electron chi connectivity index (χ0n) is 17.5. The Morgan fingerprint density at radius 1 is 1.19 bits per heavy atom. The molecule has 0 spiro atoms. The van der Waals surface area contributed by atoms with Crippen LogP contribution in [-0.2, 0) is 21.4 Å². The number of carbonyl (C=O) groups is 1. The molecule has 3 aromatic rings. The first-order valence-corrected chi connectivity index (χ1v) is 11.2. The molecule has 0 saturated heterocycles. The van der Waals surface area contributed by atoms with Gasteiger partial charge in [-0.2, -0.15) is 5.10 Å². The summed E-state index contributed by atoms with van der Waals surface area (Å²) in [6, 6.07) is 12.2. The number of aromatic nitrogens is 2. The molecule has 0 atom stereocenters. The van der Waals surface area contributed by atoms with E-state index in [1.807, 2.05) is 12.1 Å². The van der Waals surface area contributed by atoms with Gasteiger partial charge in [0, 0.05) is 18.5 Å². The molecule has 0 radical (unpaired) electrons. The Morgan fingerprint density at radius 3 is 2.52 bits per heavy atom. The number of nitrogens with zero attached hydrogens (tertiary/aromatic N) is 3. The van der Waals surface area contributed by atoms with Gasteiger partial charge in [-0.25, -0.2) is 8.42 Å². The van der Waals surface area contributed by atoms with Crippen molar-refractivity contribution in [2.45, 2.75) is 30.3 Å². The van der Waals surface area contributed by atoms with Crippen molar-refractivity contribution in [3.8, 4) is 5.75 Å². The highest BCUT2D eigenvalue weighted by molar-refractivity contribution is 7.89. The van der Waals surface area contributed by atoms with Gasteiger partial charge in [0.15, 0.2) is 5.69 Å². The molecule has 0 aliphatic heterocycles. The van der Waals surface area contributed by atoms with Gasteiger partial charge in [-0.1, -0.05) is 16.6 Å². The van der Waals surface area contributed by atoms with E-state index in [4.69, 9.17) is 9.57 Å². The molecule has 0 unspecified atom stereocenters. The minimum atomic E-state index is -3.71. The number of hydrogen-bond acceptors (Lipinski definition) is 6. The fraction of sp³-hybridized carbons (Fsp3) is 0.333. The zero-order valence-corrected chi connectivity index (χ0v) is 18.3. The van der Waals surface area contributed by atoms with Gasteiger partial charge in [-0.15, -0.1) is 0 Å². The molecule has 4 rings (SSSR count). The third kappa shape index (κ3) is 4.27. The predicted octanol–water partition coefficient (Wildman–Crippen LogP) is 2.17. The smallest absolute Gasteiger partial charge is 0.272 e. The van der Waals surface area contributed by atoms with E-state index in [0.717, 1.165) is 28.4 Å². The van der Waals surface area contributed by atoms with Crippen LogP contribution in [0.4, 0.5) is 0 Å². The van der Waals surface area contributed by atoms with Crippen molar-refractivity contribution in [1.82, 2.24) is 19.6 Å². The highest BCUT2D eigenvalue weighted by Gasteiger charge is 2.27. The lowest BCUT2D eigenvalue weighted by molar-refractivity contribution is -0.0258. The van der Waals surface area contributed by atoms with Crippen LogP contribution in [-0.4, -0.2) is 55.9 Å². The van der Waals surface area contributed by atoms with Gasteiger partial charge in [0.05, 0.1) is 31.2 Å². The van der Waals surface area contributed by atoms with Crippen molar-refractivity contribution in [3.05, 3.63) is 53.7 Å². The number of amides is 1. The van der Waals surface area contributed by atoms with Gasteiger partial charge in [0.1, 0.15) is 5.75 Å². The monoisotopic (exact) mass is 444 g/mol. The Balaban J connectivity index is 1.66. The highest BCUT2D eigenvalue weighted by Crippen LogP contribution is 2.26. The fourth-order valence-corrected chi connectivity index (χ4v) is 4.21. The number of hydroxylamine groups is 1. The van der Waals surface area contributed by atoms with Gasteiger partial charge in [-0.3, -0.25) is 14.3 Å². The van der Waals surface area contributed by atoms with Crippen molar-refractivity contribution < 1.29 is 22.8 Å². The molecule has 1 aliphatic carbocycles. The number of fused-ring (bicyclic) bond motifs is 1. The van der Waals surface area contributed by atoms with Crippen LogP contribution in [0.25, 0.3) is 10.9 Å². The summed E-state index contributed by atoms with van der Waals surface area (Å²) >= 11 is 0. The van der Waals surface area contributed by atoms with E-state index in [1.54, 1.807) is 30.0 Å². The third-order valence-electron chi connectivity index (χ3n) is 5.23. The van der Waals surface area contributed by atoms with Crippen LogP contribution in [0.2, 0.25) is 0 Å². The SMILES string of the molecule is COc1ccc2c(c1)c(C(=O)NC1CC1)nn2Cc1ccc(S(=O)(=O)N(C)OC)cc1. The molecule has 1 amide bonds. The quantitative estimate of drug-likeness (QED) is 0.534. The first-order valence-electron chi connectivity index (χ1n) is 9.81. The van der Waals surface area contributed by atoms with Crippen molar-refractivity contribution in [1.29, 1.82) is 0 Å². The summed E-state index contributed by atoms with van der Waals surface area (Å²) < 4.78 is 32.6. The minimum absolute atomic E-state index is 0.125. The van der Waals surface area contributed by atoms with E-state index >= 15 is 0 Å². The first-order chi connectivity index (χ1) is 14.8. The maximum atomic E-state index is 12.7. The van der Waals surface area contributed by atoms with Crippen molar-refractivity contribution >= 4 is 26.8 Å². The lowest BCUT2D eigenvalue weighted by atomic mass is 10.2. The molecule has 10 heteroatoms. The predicted molar refractivity (Wildman–Crippen MR) is 114 cm³/mol. The Bertz CT molecular complexity index is 1220. The summed E-state index contributed by atoms with van der Waals surface area (Å²) in [6.07, 6.45) is 1.97. The second-order valence-corrected chi connectivity index (χ2v) is 9.31. The van der Waals surface area contributed by atoms with Crippen LogP contribution in [0.1, 0.15) is 28.9 Å². The standard InChI is InChI=1S/C21H24N4O5S/c1-24(30-3)31(27,28)17-9-4-14(5-10-17)13-25-19-11-8-16(29-2)12-18(19)20(23-25)21(26)22-15-6-7-15/h4-5,8-12,15H,6-7,13H2,1-3H3,(H,22,26). The summed E-state index contributed by atoms with van der Waals surface area (Å²) in [4.78, 5) is 17.6. The summed E-state index contributed by atoms with van der Waals surface area (Å²) in [5, 5.41) is 8.24. The second-order valence-electron chi connectivity index (χ2n) is 7.38. The molecule has 1 saturated carbocycles. The molecular weight excluding hydrogens is 420 g/mol. The van der Waals surface area contributed by atoms with Gasteiger partial charge < -0.3 is 10.1 Å². The molecule has 1 aromatic heterocycles. The van der Waals surface area contributed by atoms with E-state index in [9.17, 15) is 13.2 Å². The van der Waals surface area contributed by atoms with Gasteiger partial charge >= 0.3 is 0 Å². The van der Waals surface area contributed by atoms with Crippen LogP contribution >= 0.6 is 0 Å². The largest absolute Gasteiger partial charge is 0.497 e. The first kappa shape index (κ1) is 21.3. The number of rotatable bonds is 8. The number of ether oxygens (including phenoxy) is 1. The maximum absolute atomic E-state index is 12.7. The molecule has 2 aromatic carbocycles. The fourth-order valence-electron chi connectivity index (χ4n) is 3.24. The summed E-state index contributed by atoms with van der Waals surface area (Å²) in [7, 11) is 0.491. The number of benzene rings is 2. The van der Waals surface area contributed by atoms with Crippen molar-refractivity contribution in [2.24, 2.45) is 0 Å². The average Bonchev–Trinajstić information content (AvgIpc) is 3.52. The maximum Gasteiger partial charge on any atom is 0.272 e. The second kappa shape index (κ2) is 8.29. The number of sulfonamides is 1. The van der Waals surface area contributed by atoms with Crippen LogP contribution in [0.3, 0.4) is 0 Å². The van der Waals surface area contributed by atoms with E-state index in [0.29, 0.717) is 23.4 Å². The summed E-state index contributed by atoms with van der Waals surface area (Å²) in [5.41, 5.74) is 1.98. The van der Waals surface area contributed by atoms with E-state index in [2.05, 4.69) is 10.4 Å². The number of carbonyl (C=O) groups excluding carboxylic acids is 1. The Hall–Kier alpha value is -2.95. The van der Waals surface area contributed by atoms with Crippen molar-refractivity contribution in [3.63, 3.8) is 0 Å². The lowest BCUT2D eigenvalue weighted by Crippen LogP contribution is -2.26. The number of hydrogen-bond donors (Lipinski definition) is 1. The average molecular weight is 445 g/mol. The lowest BCUT2D eigenvalue weighted by Gasteiger charge is -2.14. The Labute approximate surface area is 180 Å². The van der Waals surface area contributed by atoms with Gasteiger partial charge in [-0.05, 0) is 48.7 Å². The molecule has 0 bridgehead atoms. The molecule has 31 heavy (non-hydrogen) atoms. The molecular formula is C21H24N4O5S. The van der Waals surface area contributed by atoms with Crippen LogP contribution in [0.15, 0.2) is 47.4 Å². The molecule has 9 nitrogen and oxygen atoms in total. The highest BCUT2D eigenvalue weighted by atomic mass is 32.2. The van der Waals surface area contributed by atoms with E-state index in [1.165, 1.54) is 26.3 Å². The topological polar surface area (TPSA) is 103 Å². The summed E-state index contributed by atoms with van der Waals surface area (Å²) in [5.74, 6) is 0.438. The van der Waals surface area contributed by atoms with Gasteiger partial charge in [0.25, 0.3) is 15.9 Å². The van der Waals surface area contributed by atoms with Crippen LogP contribution in [0, 0.1) is 0 Å². The Morgan fingerprint density at radius 2 is 1.90 bits per heavy atom.